The number of ketones is 1. The van der Waals surface area contributed by atoms with Gasteiger partial charge in [-0.25, -0.2) is 13.2 Å². The van der Waals surface area contributed by atoms with Crippen molar-refractivity contribution >= 4 is 33.4 Å². The Morgan fingerprint density at radius 2 is 1.68 bits per heavy atom. The normalized spacial score (nSPS) is 14.4. The van der Waals surface area contributed by atoms with E-state index in [1.807, 2.05) is 6.92 Å². The Hall–Kier alpha value is -3.08. The molecule has 2 aromatic carbocycles. The summed E-state index contributed by atoms with van der Waals surface area (Å²) in [6, 6.07) is 10.6. The Morgan fingerprint density at radius 3 is 2.32 bits per heavy atom. The fraction of sp³-hybridized carbons (Fsp3) is 0.375. The van der Waals surface area contributed by atoms with Gasteiger partial charge < -0.3 is 14.8 Å². The minimum absolute atomic E-state index is 0.0240. The first-order valence-corrected chi connectivity index (χ1v) is 12.4. The zero-order valence-electron chi connectivity index (χ0n) is 19.2. The fourth-order valence-corrected chi connectivity index (χ4v) is 5.08. The van der Waals surface area contributed by atoms with E-state index in [0.29, 0.717) is 36.4 Å². The molecule has 1 heterocycles. The van der Waals surface area contributed by atoms with Gasteiger partial charge in [-0.05, 0) is 55.3 Å². The maximum atomic E-state index is 13.0. The summed E-state index contributed by atoms with van der Waals surface area (Å²) in [4.78, 5) is 36.6. The number of ether oxygens (including phenoxy) is 2. The van der Waals surface area contributed by atoms with Crippen molar-refractivity contribution in [3.8, 4) is 0 Å². The van der Waals surface area contributed by atoms with Gasteiger partial charge in [-0.3, -0.25) is 9.59 Å². The van der Waals surface area contributed by atoms with Crippen molar-refractivity contribution in [2.24, 2.45) is 0 Å². The van der Waals surface area contributed by atoms with Crippen LogP contribution in [-0.2, 0) is 24.3 Å². The molecule has 0 spiro atoms. The van der Waals surface area contributed by atoms with Crippen LogP contribution in [0.3, 0.4) is 0 Å². The van der Waals surface area contributed by atoms with Gasteiger partial charge in [0.2, 0.25) is 15.9 Å². The molecule has 0 bridgehead atoms. The van der Waals surface area contributed by atoms with Crippen LogP contribution < -0.4 is 5.32 Å². The van der Waals surface area contributed by atoms with Crippen molar-refractivity contribution in [2.75, 3.05) is 38.2 Å². The Kier molecular flexibility index (Phi) is 8.54. The second kappa shape index (κ2) is 11.4. The van der Waals surface area contributed by atoms with Crippen LogP contribution in [0.15, 0.2) is 47.4 Å². The summed E-state index contributed by atoms with van der Waals surface area (Å²) in [6.07, 6.45) is 1.14. The lowest BCUT2D eigenvalue weighted by Gasteiger charge is -2.26. The summed E-state index contributed by atoms with van der Waals surface area (Å²) in [6.45, 7) is 4.17. The predicted molar refractivity (Wildman–Crippen MR) is 125 cm³/mol. The molecule has 0 unspecified atom stereocenters. The minimum atomic E-state index is -3.79. The number of hydrogen-bond acceptors (Lipinski definition) is 7. The molecule has 1 aliphatic heterocycles. The molecule has 1 fully saturated rings. The lowest BCUT2D eigenvalue weighted by Crippen LogP contribution is -2.40. The average molecular weight is 489 g/mol. The van der Waals surface area contributed by atoms with Gasteiger partial charge >= 0.3 is 5.97 Å². The largest absolute Gasteiger partial charge is 0.454 e. The highest BCUT2D eigenvalue weighted by atomic mass is 32.2. The molecule has 0 aliphatic carbocycles. The van der Waals surface area contributed by atoms with Crippen LogP contribution in [0.1, 0.15) is 46.0 Å². The number of anilines is 1. The van der Waals surface area contributed by atoms with Gasteiger partial charge in [-0.1, -0.05) is 13.0 Å². The van der Waals surface area contributed by atoms with E-state index in [-0.39, 0.29) is 29.5 Å². The van der Waals surface area contributed by atoms with Crippen LogP contribution in [0, 0.1) is 6.92 Å². The van der Waals surface area contributed by atoms with E-state index >= 15 is 0 Å². The first kappa shape index (κ1) is 25.5. The van der Waals surface area contributed by atoms with E-state index in [1.165, 1.54) is 34.6 Å². The minimum Gasteiger partial charge on any atom is -0.454 e. The van der Waals surface area contributed by atoms with Crippen molar-refractivity contribution in [1.82, 2.24) is 4.31 Å². The third kappa shape index (κ3) is 6.28. The van der Waals surface area contributed by atoms with Gasteiger partial charge in [-0.2, -0.15) is 4.31 Å². The highest BCUT2D eigenvalue weighted by Crippen LogP contribution is 2.23. The third-order valence-electron chi connectivity index (χ3n) is 5.31. The second-order valence-corrected chi connectivity index (χ2v) is 9.78. The number of sulfonamides is 1. The van der Waals surface area contributed by atoms with E-state index in [4.69, 9.17) is 9.47 Å². The van der Waals surface area contributed by atoms with E-state index in [1.54, 1.807) is 19.1 Å². The molecule has 1 saturated heterocycles. The second-order valence-electron chi connectivity index (χ2n) is 7.87. The third-order valence-corrected chi connectivity index (χ3v) is 7.35. The summed E-state index contributed by atoms with van der Waals surface area (Å²) in [5, 5.41) is 2.73. The molecule has 1 N–H and O–H groups in total. The van der Waals surface area contributed by atoms with Gasteiger partial charge in [0, 0.05) is 30.8 Å². The van der Waals surface area contributed by atoms with Crippen LogP contribution in [0.2, 0.25) is 0 Å². The Bertz CT molecular complexity index is 1150. The smallest absolute Gasteiger partial charge is 0.338 e. The molecule has 1 aliphatic rings. The zero-order valence-corrected chi connectivity index (χ0v) is 20.0. The van der Waals surface area contributed by atoms with Crippen LogP contribution in [0.25, 0.3) is 0 Å². The number of Topliss-reactive ketones (excluding diaryl/α,β-unsaturated/α-hetero) is 1. The lowest BCUT2D eigenvalue weighted by atomic mass is 10.1. The van der Waals surface area contributed by atoms with Gasteiger partial charge in [0.15, 0.2) is 12.4 Å². The van der Waals surface area contributed by atoms with Crippen LogP contribution in [0.4, 0.5) is 5.69 Å². The highest BCUT2D eigenvalue weighted by Gasteiger charge is 2.28. The first-order valence-electron chi connectivity index (χ1n) is 11.0. The topological polar surface area (TPSA) is 119 Å². The molecule has 3 rings (SSSR count). The highest BCUT2D eigenvalue weighted by molar-refractivity contribution is 7.89. The number of aryl methyl sites for hydroxylation is 1. The molecule has 182 valence electrons. The number of nitrogens with one attached hydrogen (secondary N) is 1. The molecule has 0 atom stereocenters. The standard InChI is InChI=1S/C24H28N2O7S/c1-3-4-23(28)25-20-9-7-18(8-10-20)21(27)16-33-24(29)19-6-5-17(2)22(15-19)34(30,31)26-11-13-32-14-12-26/h5-10,15H,3-4,11-14,16H2,1-2H3,(H,25,28). The molecule has 1 amide bonds. The Balaban J connectivity index is 1.64. The van der Waals surface area contributed by atoms with E-state index in [9.17, 15) is 22.8 Å². The first-order chi connectivity index (χ1) is 16.2. The average Bonchev–Trinajstić information content (AvgIpc) is 2.83. The van der Waals surface area contributed by atoms with E-state index < -0.39 is 28.4 Å². The molecule has 0 aromatic heterocycles. The molecule has 2 aromatic rings. The van der Waals surface area contributed by atoms with Gasteiger partial charge in [0.25, 0.3) is 0 Å². The van der Waals surface area contributed by atoms with Gasteiger partial charge in [-0.15, -0.1) is 0 Å². The number of amides is 1. The maximum Gasteiger partial charge on any atom is 0.338 e. The number of morpholine rings is 1. The Labute approximate surface area is 199 Å². The fourth-order valence-electron chi connectivity index (χ4n) is 3.42. The van der Waals surface area contributed by atoms with Crippen molar-refractivity contribution in [2.45, 2.75) is 31.6 Å². The van der Waals surface area contributed by atoms with Crippen molar-refractivity contribution < 1.29 is 32.3 Å². The summed E-state index contributed by atoms with van der Waals surface area (Å²) in [5.74, 6) is -1.33. The number of benzene rings is 2. The maximum absolute atomic E-state index is 13.0. The number of carbonyl (C=O) groups is 3. The van der Waals surface area contributed by atoms with Crippen molar-refractivity contribution in [1.29, 1.82) is 0 Å². The van der Waals surface area contributed by atoms with Crippen molar-refractivity contribution in [3.05, 3.63) is 59.2 Å². The van der Waals surface area contributed by atoms with Crippen LogP contribution in [0.5, 0.6) is 0 Å². The number of carbonyl (C=O) groups excluding carboxylic acids is 3. The van der Waals surface area contributed by atoms with Crippen LogP contribution in [-0.4, -0.2) is 63.3 Å². The Morgan fingerprint density at radius 1 is 1.03 bits per heavy atom. The summed E-state index contributed by atoms with van der Waals surface area (Å²) in [7, 11) is -3.79. The summed E-state index contributed by atoms with van der Waals surface area (Å²) in [5.41, 5.74) is 1.44. The summed E-state index contributed by atoms with van der Waals surface area (Å²) < 4.78 is 37.7. The molecule has 9 nitrogen and oxygen atoms in total. The lowest BCUT2D eigenvalue weighted by molar-refractivity contribution is -0.116. The number of hydrogen-bond donors (Lipinski definition) is 1. The summed E-state index contributed by atoms with van der Waals surface area (Å²) >= 11 is 0. The molecule has 34 heavy (non-hydrogen) atoms. The van der Waals surface area contributed by atoms with Crippen molar-refractivity contribution in [3.63, 3.8) is 0 Å². The van der Waals surface area contributed by atoms with E-state index in [0.717, 1.165) is 6.42 Å². The van der Waals surface area contributed by atoms with Gasteiger partial charge in [0.1, 0.15) is 0 Å². The number of nitrogens with zero attached hydrogens (tertiary/aromatic N) is 1. The monoisotopic (exact) mass is 488 g/mol. The predicted octanol–water partition coefficient (Wildman–Crippen LogP) is 2.79. The number of esters is 1. The zero-order chi connectivity index (χ0) is 24.7. The number of rotatable bonds is 9. The molecular weight excluding hydrogens is 460 g/mol. The molecule has 10 heteroatoms. The quantitative estimate of drug-likeness (QED) is 0.426. The SMILES string of the molecule is CCCC(=O)Nc1ccc(C(=O)COC(=O)c2ccc(C)c(S(=O)(=O)N3CCOCC3)c2)cc1. The van der Waals surface area contributed by atoms with Gasteiger partial charge in [0.05, 0.1) is 23.7 Å². The van der Waals surface area contributed by atoms with E-state index in [2.05, 4.69) is 5.32 Å². The molecule has 0 saturated carbocycles. The van der Waals surface area contributed by atoms with Crippen LogP contribution >= 0.6 is 0 Å². The molecule has 0 radical (unpaired) electrons. The molecular formula is C24H28N2O7S.